The van der Waals surface area contributed by atoms with Crippen LogP contribution in [-0.2, 0) is 11.3 Å². The van der Waals surface area contributed by atoms with Gasteiger partial charge >= 0.3 is 0 Å². The Balaban J connectivity index is 2.80. The van der Waals surface area contributed by atoms with Crippen molar-refractivity contribution in [3.05, 3.63) is 28.2 Å². The van der Waals surface area contributed by atoms with Crippen LogP contribution in [-0.4, -0.2) is 18.6 Å². The lowest BCUT2D eigenvalue weighted by Gasteiger charge is -2.17. The highest BCUT2D eigenvalue weighted by atomic mass is 79.9. The highest BCUT2D eigenvalue weighted by Crippen LogP contribution is 2.30. The van der Waals surface area contributed by atoms with E-state index in [2.05, 4.69) is 35.1 Å². The number of ether oxygens (including phenoxy) is 1. The minimum Gasteiger partial charge on any atom is -0.479 e. The van der Waals surface area contributed by atoms with Crippen LogP contribution in [0.5, 0.6) is 5.75 Å². The molecule has 106 valence electrons. The van der Waals surface area contributed by atoms with Crippen molar-refractivity contribution in [3.63, 3.8) is 0 Å². The quantitative estimate of drug-likeness (QED) is 0.808. The van der Waals surface area contributed by atoms with Crippen molar-refractivity contribution in [3.8, 4) is 5.75 Å². The molecule has 0 heterocycles. The van der Waals surface area contributed by atoms with Crippen molar-refractivity contribution < 1.29 is 9.53 Å². The van der Waals surface area contributed by atoms with E-state index in [9.17, 15) is 4.79 Å². The smallest absolute Gasteiger partial charge is 0.258 e. The Kier molecular flexibility index (Phi) is 6.31. The third-order valence-electron chi connectivity index (χ3n) is 2.61. The second-order valence-electron chi connectivity index (χ2n) is 4.92. The van der Waals surface area contributed by atoms with Crippen LogP contribution in [0.4, 0.5) is 0 Å². The number of halogens is 1. The van der Waals surface area contributed by atoms with Gasteiger partial charge in [-0.05, 0) is 41.4 Å². The number of amides is 1. The maximum absolute atomic E-state index is 11.1. The number of benzene rings is 1. The van der Waals surface area contributed by atoms with E-state index in [0.29, 0.717) is 18.2 Å². The van der Waals surface area contributed by atoms with Crippen LogP contribution in [0.25, 0.3) is 0 Å². The fourth-order valence-electron chi connectivity index (χ4n) is 1.56. The molecule has 3 N–H and O–H groups in total. The summed E-state index contributed by atoms with van der Waals surface area (Å²) in [7, 11) is 0. The molecule has 0 aliphatic rings. The van der Waals surface area contributed by atoms with Gasteiger partial charge in [0.15, 0.2) is 6.10 Å². The minimum absolute atomic E-state index is 0.475. The molecule has 0 saturated carbocycles. The molecular formula is C14H21BrN2O2. The van der Waals surface area contributed by atoms with Crippen molar-refractivity contribution in [2.24, 2.45) is 11.7 Å². The van der Waals surface area contributed by atoms with Crippen LogP contribution in [0.15, 0.2) is 22.7 Å². The Labute approximate surface area is 122 Å². The number of nitrogens with two attached hydrogens (primary N) is 1. The molecule has 0 saturated heterocycles. The van der Waals surface area contributed by atoms with E-state index >= 15 is 0 Å². The lowest BCUT2D eigenvalue weighted by Crippen LogP contribution is -2.31. The second-order valence-corrected chi connectivity index (χ2v) is 5.77. The summed E-state index contributed by atoms with van der Waals surface area (Å²) in [6, 6.07) is 5.80. The van der Waals surface area contributed by atoms with E-state index in [-0.39, 0.29) is 0 Å². The Bertz CT molecular complexity index is 435. The maximum Gasteiger partial charge on any atom is 0.258 e. The van der Waals surface area contributed by atoms with E-state index in [1.807, 2.05) is 18.2 Å². The van der Waals surface area contributed by atoms with Gasteiger partial charge in [-0.15, -0.1) is 0 Å². The molecular weight excluding hydrogens is 308 g/mol. The molecule has 0 aliphatic heterocycles. The van der Waals surface area contributed by atoms with E-state index in [1.54, 1.807) is 6.92 Å². The lowest BCUT2D eigenvalue weighted by atomic mass is 10.1. The SMILES string of the molecule is CC(C)CNCc1cccc(Br)c1OC(C)C(N)=O. The summed E-state index contributed by atoms with van der Waals surface area (Å²) in [6.07, 6.45) is -0.650. The maximum atomic E-state index is 11.1. The third-order valence-corrected chi connectivity index (χ3v) is 3.24. The lowest BCUT2D eigenvalue weighted by molar-refractivity contribution is -0.124. The van der Waals surface area contributed by atoms with Crippen LogP contribution >= 0.6 is 15.9 Å². The highest BCUT2D eigenvalue weighted by Gasteiger charge is 2.15. The molecule has 1 atom stereocenters. The summed E-state index contributed by atoms with van der Waals surface area (Å²) in [5.74, 6) is 0.781. The number of hydrogen-bond acceptors (Lipinski definition) is 3. The van der Waals surface area contributed by atoms with Gasteiger partial charge in [-0.2, -0.15) is 0 Å². The molecule has 0 fully saturated rings. The Morgan fingerprint density at radius 2 is 2.11 bits per heavy atom. The number of carbonyl (C=O) groups is 1. The van der Waals surface area contributed by atoms with Gasteiger partial charge in [0.05, 0.1) is 4.47 Å². The monoisotopic (exact) mass is 328 g/mol. The van der Waals surface area contributed by atoms with Crippen LogP contribution in [0.2, 0.25) is 0 Å². The summed E-state index contributed by atoms with van der Waals surface area (Å²) in [5.41, 5.74) is 6.23. The van der Waals surface area contributed by atoms with Crippen LogP contribution in [0.1, 0.15) is 26.3 Å². The van der Waals surface area contributed by atoms with Gasteiger partial charge in [0.2, 0.25) is 0 Å². The van der Waals surface area contributed by atoms with Crippen molar-refractivity contribution in [2.75, 3.05) is 6.54 Å². The van der Waals surface area contributed by atoms with Gasteiger partial charge in [0.1, 0.15) is 5.75 Å². The number of carbonyl (C=O) groups excluding carboxylic acids is 1. The fraction of sp³-hybridized carbons (Fsp3) is 0.500. The molecule has 19 heavy (non-hydrogen) atoms. The minimum atomic E-state index is -0.650. The Morgan fingerprint density at radius 3 is 2.68 bits per heavy atom. The average Bonchev–Trinajstić information content (AvgIpc) is 2.32. The summed E-state index contributed by atoms with van der Waals surface area (Å²) in [4.78, 5) is 11.1. The van der Waals surface area contributed by atoms with Crippen LogP contribution < -0.4 is 15.8 Å². The Morgan fingerprint density at radius 1 is 1.42 bits per heavy atom. The third kappa shape index (κ3) is 5.20. The van der Waals surface area contributed by atoms with Gasteiger partial charge < -0.3 is 15.8 Å². The van der Waals surface area contributed by atoms with Crippen molar-refractivity contribution in [1.82, 2.24) is 5.32 Å². The zero-order chi connectivity index (χ0) is 14.4. The van der Waals surface area contributed by atoms with E-state index in [1.165, 1.54) is 0 Å². The molecule has 0 aromatic heterocycles. The Hall–Kier alpha value is -1.07. The normalized spacial score (nSPS) is 12.5. The first-order chi connectivity index (χ1) is 8.91. The number of hydrogen-bond donors (Lipinski definition) is 2. The number of para-hydroxylation sites is 1. The van der Waals surface area contributed by atoms with Gasteiger partial charge in [-0.1, -0.05) is 26.0 Å². The zero-order valence-electron chi connectivity index (χ0n) is 11.6. The summed E-state index contributed by atoms with van der Waals surface area (Å²) in [6.45, 7) is 7.57. The summed E-state index contributed by atoms with van der Waals surface area (Å²) >= 11 is 3.44. The molecule has 5 heteroatoms. The van der Waals surface area contributed by atoms with Gasteiger partial charge in [0, 0.05) is 12.1 Å². The molecule has 1 aromatic carbocycles. The summed E-state index contributed by atoms with van der Waals surface area (Å²) in [5, 5.41) is 3.35. The van der Waals surface area contributed by atoms with Crippen molar-refractivity contribution in [2.45, 2.75) is 33.4 Å². The van der Waals surface area contributed by atoms with Gasteiger partial charge in [-0.25, -0.2) is 0 Å². The first-order valence-electron chi connectivity index (χ1n) is 6.36. The van der Waals surface area contributed by atoms with Gasteiger partial charge in [-0.3, -0.25) is 4.79 Å². The molecule has 0 bridgehead atoms. The molecule has 1 rings (SSSR count). The summed E-state index contributed by atoms with van der Waals surface area (Å²) < 4.78 is 6.46. The number of rotatable bonds is 7. The van der Waals surface area contributed by atoms with E-state index < -0.39 is 12.0 Å². The highest BCUT2D eigenvalue weighted by molar-refractivity contribution is 9.10. The molecule has 1 amide bonds. The standard InChI is InChI=1S/C14H21BrN2O2/c1-9(2)7-17-8-11-5-4-6-12(15)13(11)19-10(3)14(16)18/h4-6,9-10,17H,7-8H2,1-3H3,(H2,16,18). The largest absolute Gasteiger partial charge is 0.479 e. The number of nitrogens with one attached hydrogen (secondary N) is 1. The van der Waals surface area contributed by atoms with Crippen LogP contribution in [0, 0.1) is 5.92 Å². The van der Waals surface area contributed by atoms with Crippen molar-refractivity contribution >= 4 is 21.8 Å². The molecule has 0 radical (unpaired) electrons. The van der Waals surface area contributed by atoms with E-state index in [4.69, 9.17) is 10.5 Å². The van der Waals surface area contributed by atoms with Crippen LogP contribution in [0.3, 0.4) is 0 Å². The topological polar surface area (TPSA) is 64.3 Å². The number of primary amides is 1. The predicted molar refractivity (Wildman–Crippen MR) is 80.0 cm³/mol. The molecule has 0 aliphatic carbocycles. The fourth-order valence-corrected chi connectivity index (χ4v) is 2.06. The van der Waals surface area contributed by atoms with Gasteiger partial charge in [0.25, 0.3) is 5.91 Å². The van der Waals surface area contributed by atoms with Crippen molar-refractivity contribution in [1.29, 1.82) is 0 Å². The predicted octanol–water partition coefficient (Wildman–Crippen LogP) is 2.45. The van der Waals surface area contributed by atoms with E-state index in [0.717, 1.165) is 16.6 Å². The first kappa shape index (κ1) is 16.0. The average molecular weight is 329 g/mol. The molecule has 0 spiro atoms. The molecule has 1 unspecified atom stereocenters. The zero-order valence-corrected chi connectivity index (χ0v) is 13.2. The molecule has 1 aromatic rings. The molecule has 4 nitrogen and oxygen atoms in total. The first-order valence-corrected chi connectivity index (χ1v) is 7.15. The second kappa shape index (κ2) is 7.50.